The first kappa shape index (κ1) is 24.7. The molecule has 0 saturated carbocycles. The van der Waals surface area contributed by atoms with Gasteiger partial charge in [-0.15, -0.1) is 0 Å². The van der Waals surface area contributed by atoms with Crippen molar-refractivity contribution in [3.8, 4) is 33.6 Å². The molecule has 0 fully saturated rings. The van der Waals surface area contributed by atoms with Crippen LogP contribution < -0.4 is 0 Å². The van der Waals surface area contributed by atoms with Crippen LogP contribution in [-0.2, 0) is 0 Å². The Morgan fingerprint density at radius 1 is 0.341 bits per heavy atom. The van der Waals surface area contributed by atoms with Crippen LogP contribution in [0.3, 0.4) is 0 Å². The molecule has 206 valence electrons. The molecule has 2 nitrogen and oxygen atoms in total. The van der Waals surface area contributed by atoms with Crippen LogP contribution in [0.15, 0.2) is 170 Å². The third-order valence-electron chi connectivity index (χ3n) is 8.93. The third kappa shape index (κ3) is 3.89. The van der Waals surface area contributed by atoms with E-state index in [4.69, 9.17) is 0 Å². The van der Waals surface area contributed by atoms with E-state index in [0.717, 1.165) is 5.69 Å². The first-order chi connectivity index (χ1) is 21.8. The van der Waals surface area contributed by atoms with Gasteiger partial charge in [-0.05, 0) is 93.0 Å². The van der Waals surface area contributed by atoms with Crippen molar-refractivity contribution in [3.63, 3.8) is 0 Å². The van der Waals surface area contributed by atoms with Gasteiger partial charge in [0.05, 0.1) is 16.6 Å². The number of hydrogen-bond donors (Lipinski definition) is 0. The minimum atomic E-state index is 1.16. The zero-order valence-electron chi connectivity index (χ0n) is 24.1. The number of fused-ring (bicyclic) bond motifs is 6. The summed E-state index contributed by atoms with van der Waals surface area (Å²) in [5, 5.41) is 6.32. The molecule has 0 bridgehead atoms. The summed E-state index contributed by atoms with van der Waals surface area (Å²) in [6, 6.07) is 59.3. The van der Waals surface area contributed by atoms with Crippen molar-refractivity contribution >= 4 is 43.5 Å². The minimum Gasteiger partial charge on any atom is -0.317 e. The molecule has 0 aliphatic carbocycles. The Morgan fingerprint density at radius 3 is 1.89 bits per heavy atom. The minimum absolute atomic E-state index is 1.16. The molecule has 44 heavy (non-hydrogen) atoms. The van der Waals surface area contributed by atoms with E-state index in [1.54, 1.807) is 0 Å². The molecule has 0 amide bonds. The number of para-hydroxylation sites is 1. The van der Waals surface area contributed by atoms with E-state index in [2.05, 4.69) is 179 Å². The predicted octanol–water partition coefficient (Wildman–Crippen LogP) is 11.2. The SMILES string of the molecule is c1ccc(-c2cccc(-n3c4ccc(-c5ccc6ccn(-c7ccccc7)c6c5)cc4c4c5ccccc5ccc43)c2)cc1. The first-order valence-electron chi connectivity index (χ1n) is 15.1. The lowest BCUT2D eigenvalue weighted by molar-refractivity contribution is 1.13. The average Bonchev–Trinajstić information content (AvgIpc) is 3.68. The van der Waals surface area contributed by atoms with Gasteiger partial charge in [0.25, 0.3) is 0 Å². The Balaban J connectivity index is 1.28. The van der Waals surface area contributed by atoms with E-state index < -0.39 is 0 Å². The molecule has 9 rings (SSSR count). The van der Waals surface area contributed by atoms with Crippen LogP contribution in [0.2, 0.25) is 0 Å². The van der Waals surface area contributed by atoms with Gasteiger partial charge in [-0.2, -0.15) is 0 Å². The van der Waals surface area contributed by atoms with Gasteiger partial charge >= 0.3 is 0 Å². The normalized spacial score (nSPS) is 11.6. The molecule has 7 aromatic carbocycles. The largest absolute Gasteiger partial charge is 0.317 e. The molecule has 9 aromatic rings. The maximum atomic E-state index is 2.43. The van der Waals surface area contributed by atoms with Gasteiger partial charge in [-0.3, -0.25) is 0 Å². The number of rotatable bonds is 4. The summed E-state index contributed by atoms with van der Waals surface area (Å²) < 4.78 is 4.70. The van der Waals surface area contributed by atoms with Crippen LogP contribution >= 0.6 is 0 Å². The van der Waals surface area contributed by atoms with Gasteiger partial charge in [-0.25, -0.2) is 0 Å². The number of hydrogen-bond acceptors (Lipinski definition) is 0. The average molecular weight is 561 g/mol. The van der Waals surface area contributed by atoms with Crippen molar-refractivity contribution in [1.82, 2.24) is 9.13 Å². The Kier molecular flexibility index (Phi) is 5.54. The Labute approximate surface area is 255 Å². The molecule has 0 aliphatic heterocycles. The van der Waals surface area contributed by atoms with Crippen molar-refractivity contribution in [2.24, 2.45) is 0 Å². The van der Waals surface area contributed by atoms with E-state index in [0.29, 0.717) is 0 Å². The Bertz CT molecular complexity index is 2480. The van der Waals surface area contributed by atoms with Gasteiger partial charge in [0.15, 0.2) is 0 Å². The highest BCUT2D eigenvalue weighted by Gasteiger charge is 2.17. The third-order valence-corrected chi connectivity index (χ3v) is 8.93. The van der Waals surface area contributed by atoms with E-state index >= 15 is 0 Å². The van der Waals surface area contributed by atoms with Crippen LogP contribution in [-0.4, -0.2) is 9.13 Å². The van der Waals surface area contributed by atoms with Crippen LogP contribution in [0, 0.1) is 0 Å². The van der Waals surface area contributed by atoms with Crippen LogP contribution in [0.1, 0.15) is 0 Å². The van der Waals surface area contributed by atoms with Gasteiger partial charge in [-0.1, -0.05) is 109 Å². The number of aromatic nitrogens is 2. The topological polar surface area (TPSA) is 9.86 Å². The number of benzene rings is 7. The number of nitrogens with zero attached hydrogens (tertiary/aromatic N) is 2. The maximum absolute atomic E-state index is 2.43. The summed E-state index contributed by atoms with van der Waals surface area (Å²) in [5.41, 5.74) is 10.8. The molecule has 0 atom stereocenters. The van der Waals surface area contributed by atoms with Gasteiger partial charge in [0, 0.05) is 28.3 Å². The van der Waals surface area contributed by atoms with Crippen LogP contribution in [0.4, 0.5) is 0 Å². The van der Waals surface area contributed by atoms with Crippen LogP contribution in [0.25, 0.3) is 77.1 Å². The van der Waals surface area contributed by atoms with E-state index in [1.165, 1.54) is 71.4 Å². The molecule has 0 aliphatic rings. The molecule has 0 radical (unpaired) electrons. The summed E-state index contributed by atoms with van der Waals surface area (Å²) >= 11 is 0. The summed E-state index contributed by atoms with van der Waals surface area (Å²) in [6.07, 6.45) is 2.16. The van der Waals surface area contributed by atoms with Crippen molar-refractivity contribution in [3.05, 3.63) is 170 Å². The summed E-state index contributed by atoms with van der Waals surface area (Å²) in [4.78, 5) is 0. The highest BCUT2D eigenvalue weighted by Crippen LogP contribution is 2.39. The summed E-state index contributed by atoms with van der Waals surface area (Å²) in [7, 11) is 0. The zero-order valence-corrected chi connectivity index (χ0v) is 24.1. The quantitative estimate of drug-likeness (QED) is 0.203. The van der Waals surface area contributed by atoms with E-state index in [9.17, 15) is 0 Å². The molecule has 0 saturated heterocycles. The van der Waals surface area contributed by atoms with E-state index in [1.807, 2.05) is 0 Å². The fourth-order valence-corrected chi connectivity index (χ4v) is 6.83. The summed E-state index contributed by atoms with van der Waals surface area (Å²) in [5.74, 6) is 0. The first-order valence-corrected chi connectivity index (χ1v) is 15.1. The molecule has 2 heteroatoms. The molecule has 0 N–H and O–H groups in total. The highest BCUT2D eigenvalue weighted by molar-refractivity contribution is 6.22. The monoisotopic (exact) mass is 560 g/mol. The fourth-order valence-electron chi connectivity index (χ4n) is 6.83. The second-order valence-corrected chi connectivity index (χ2v) is 11.5. The smallest absolute Gasteiger partial charge is 0.0547 e. The maximum Gasteiger partial charge on any atom is 0.0547 e. The van der Waals surface area contributed by atoms with Crippen LogP contribution in [0.5, 0.6) is 0 Å². The van der Waals surface area contributed by atoms with Gasteiger partial charge in [0.2, 0.25) is 0 Å². The van der Waals surface area contributed by atoms with Crippen molar-refractivity contribution in [2.75, 3.05) is 0 Å². The van der Waals surface area contributed by atoms with Crippen molar-refractivity contribution in [1.29, 1.82) is 0 Å². The van der Waals surface area contributed by atoms with Gasteiger partial charge < -0.3 is 9.13 Å². The molecular weight excluding hydrogens is 532 g/mol. The Morgan fingerprint density at radius 2 is 1.00 bits per heavy atom. The summed E-state index contributed by atoms with van der Waals surface area (Å²) in [6.45, 7) is 0. The van der Waals surface area contributed by atoms with Crippen molar-refractivity contribution in [2.45, 2.75) is 0 Å². The second-order valence-electron chi connectivity index (χ2n) is 11.5. The molecular formula is C42H28N2. The highest BCUT2D eigenvalue weighted by atomic mass is 15.0. The fraction of sp³-hybridized carbons (Fsp3) is 0. The lowest BCUT2D eigenvalue weighted by Gasteiger charge is -2.11. The second kappa shape index (κ2) is 9.86. The molecule has 2 aromatic heterocycles. The standard InChI is InChI=1S/C42H28N2/c1-3-10-29(11-4-1)32-13-9-16-36(26-32)44-39-22-21-33(27-38(39)42-37-17-8-7-12-30(37)20-23-40(42)44)34-19-18-31-24-25-43(41(31)28-34)35-14-5-2-6-15-35/h1-28H. The Hall–Kier alpha value is -5.86. The molecule has 0 spiro atoms. The zero-order chi connectivity index (χ0) is 29.0. The van der Waals surface area contributed by atoms with Gasteiger partial charge in [0.1, 0.15) is 0 Å². The molecule has 0 unspecified atom stereocenters. The van der Waals surface area contributed by atoms with E-state index in [-0.39, 0.29) is 0 Å². The lowest BCUT2D eigenvalue weighted by atomic mass is 9.99. The van der Waals surface area contributed by atoms with Crippen molar-refractivity contribution < 1.29 is 0 Å². The predicted molar refractivity (Wildman–Crippen MR) is 186 cm³/mol. The molecule has 2 heterocycles. The lowest BCUT2D eigenvalue weighted by Crippen LogP contribution is -1.94.